The molecule has 0 aromatic heterocycles. The van der Waals surface area contributed by atoms with Gasteiger partial charge < -0.3 is 15.1 Å². The van der Waals surface area contributed by atoms with Gasteiger partial charge in [0.15, 0.2) is 0 Å². The summed E-state index contributed by atoms with van der Waals surface area (Å²) in [5.74, 6) is -0.396. The number of benzene rings is 2. The number of anilines is 2. The number of rotatable bonds is 5. The summed E-state index contributed by atoms with van der Waals surface area (Å²) in [4.78, 5) is 27.1. The molecule has 0 unspecified atom stereocenters. The van der Waals surface area contributed by atoms with Crippen molar-refractivity contribution in [2.45, 2.75) is 6.92 Å². The SMILES string of the molecule is CC[NH+]1CCN(c2ccc(C(=O)Nc3ccc(Cl)cc3)cc2[N+](=O)[O-])CC1. The third kappa shape index (κ3) is 4.56. The standard InChI is InChI=1S/C19H21ClN4O3/c1-2-22-9-11-23(12-10-22)17-8-3-14(13-18(17)24(26)27)19(25)21-16-6-4-15(20)5-7-16/h3-8,13H,2,9-12H2,1H3,(H,21,25)/p+1. The summed E-state index contributed by atoms with van der Waals surface area (Å²) < 4.78 is 0. The number of hydrogen-bond acceptors (Lipinski definition) is 4. The van der Waals surface area contributed by atoms with Crippen LogP contribution in [-0.2, 0) is 0 Å². The van der Waals surface area contributed by atoms with Crippen LogP contribution >= 0.6 is 11.6 Å². The summed E-state index contributed by atoms with van der Waals surface area (Å²) in [7, 11) is 0. The fraction of sp³-hybridized carbons (Fsp3) is 0.316. The first-order chi connectivity index (χ1) is 13.0. The number of nitro benzene ring substituents is 1. The summed E-state index contributed by atoms with van der Waals surface area (Å²) in [5, 5.41) is 14.9. The molecule has 0 bridgehead atoms. The maximum absolute atomic E-state index is 12.5. The smallest absolute Gasteiger partial charge is 0.293 e. The first kappa shape index (κ1) is 19.1. The Labute approximate surface area is 162 Å². The molecule has 0 radical (unpaired) electrons. The zero-order valence-corrected chi connectivity index (χ0v) is 15.8. The lowest BCUT2D eigenvalue weighted by Gasteiger charge is -2.32. The molecule has 7 nitrogen and oxygen atoms in total. The van der Waals surface area contributed by atoms with Crippen LogP contribution in [0.3, 0.4) is 0 Å². The number of nitrogens with zero attached hydrogens (tertiary/aromatic N) is 2. The molecule has 1 amide bonds. The van der Waals surface area contributed by atoms with Crippen molar-refractivity contribution in [2.75, 3.05) is 42.9 Å². The number of nitro groups is 1. The minimum Gasteiger partial charge on any atom is -0.355 e. The minimum atomic E-state index is -0.423. The van der Waals surface area contributed by atoms with Crippen molar-refractivity contribution in [1.29, 1.82) is 0 Å². The van der Waals surface area contributed by atoms with Gasteiger partial charge in [0.1, 0.15) is 5.69 Å². The molecule has 1 saturated heterocycles. The quantitative estimate of drug-likeness (QED) is 0.607. The number of carbonyl (C=O) groups is 1. The van der Waals surface area contributed by atoms with E-state index < -0.39 is 10.8 Å². The lowest BCUT2D eigenvalue weighted by atomic mass is 10.1. The van der Waals surface area contributed by atoms with E-state index in [0.29, 0.717) is 16.4 Å². The summed E-state index contributed by atoms with van der Waals surface area (Å²) in [6, 6.07) is 11.3. The summed E-state index contributed by atoms with van der Waals surface area (Å²) >= 11 is 5.84. The molecular formula is C19H22ClN4O3+. The molecule has 0 aliphatic carbocycles. The molecule has 0 saturated carbocycles. The summed E-state index contributed by atoms with van der Waals surface area (Å²) in [6.07, 6.45) is 0. The lowest BCUT2D eigenvalue weighted by Crippen LogP contribution is -3.14. The number of likely N-dealkylation sites (N-methyl/N-ethyl adjacent to an activating group) is 1. The van der Waals surface area contributed by atoms with Crippen LogP contribution < -0.4 is 15.1 Å². The highest BCUT2D eigenvalue weighted by Crippen LogP contribution is 2.29. The van der Waals surface area contributed by atoms with Gasteiger partial charge in [-0.3, -0.25) is 14.9 Å². The van der Waals surface area contributed by atoms with E-state index in [-0.39, 0.29) is 11.3 Å². The third-order valence-corrected chi connectivity index (χ3v) is 5.10. The van der Waals surface area contributed by atoms with Crippen molar-refractivity contribution in [3.05, 3.63) is 63.2 Å². The van der Waals surface area contributed by atoms with Crippen LogP contribution in [0.1, 0.15) is 17.3 Å². The normalized spacial score (nSPS) is 14.8. The van der Waals surface area contributed by atoms with Gasteiger partial charge in [0, 0.05) is 22.3 Å². The van der Waals surface area contributed by atoms with Crippen LogP contribution in [0, 0.1) is 10.1 Å². The van der Waals surface area contributed by atoms with Crippen LogP contribution in [0.5, 0.6) is 0 Å². The zero-order chi connectivity index (χ0) is 19.4. The maximum Gasteiger partial charge on any atom is 0.293 e. The van der Waals surface area contributed by atoms with Gasteiger partial charge in [0.05, 0.1) is 37.6 Å². The third-order valence-electron chi connectivity index (χ3n) is 4.85. The Balaban J connectivity index is 1.80. The maximum atomic E-state index is 12.5. The fourth-order valence-corrected chi connectivity index (χ4v) is 3.36. The fourth-order valence-electron chi connectivity index (χ4n) is 3.23. The largest absolute Gasteiger partial charge is 0.355 e. The van der Waals surface area contributed by atoms with Crippen LogP contribution in [-0.4, -0.2) is 43.6 Å². The van der Waals surface area contributed by atoms with Gasteiger partial charge >= 0.3 is 0 Å². The second-order valence-corrected chi connectivity index (χ2v) is 6.95. The van der Waals surface area contributed by atoms with E-state index in [9.17, 15) is 14.9 Å². The van der Waals surface area contributed by atoms with Gasteiger partial charge in [0.25, 0.3) is 11.6 Å². The van der Waals surface area contributed by atoms with E-state index in [2.05, 4.69) is 12.2 Å². The van der Waals surface area contributed by atoms with Gasteiger partial charge in [-0.15, -0.1) is 0 Å². The molecule has 1 aliphatic rings. The molecule has 1 heterocycles. The molecule has 142 valence electrons. The number of carbonyl (C=O) groups excluding carboxylic acids is 1. The number of quaternary nitrogens is 1. The highest BCUT2D eigenvalue weighted by Gasteiger charge is 2.26. The monoisotopic (exact) mass is 389 g/mol. The first-order valence-corrected chi connectivity index (χ1v) is 9.29. The average Bonchev–Trinajstić information content (AvgIpc) is 2.69. The Morgan fingerprint density at radius 2 is 1.89 bits per heavy atom. The number of hydrogen-bond donors (Lipinski definition) is 2. The molecule has 27 heavy (non-hydrogen) atoms. The summed E-state index contributed by atoms with van der Waals surface area (Å²) in [6.45, 7) is 6.63. The van der Waals surface area contributed by atoms with Crippen LogP contribution in [0.15, 0.2) is 42.5 Å². The Hall–Kier alpha value is -2.64. The highest BCUT2D eigenvalue weighted by molar-refractivity contribution is 6.30. The van der Waals surface area contributed by atoms with Crippen molar-refractivity contribution in [3.63, 3.8) is 0 Å². The van der Waals surface area contributed by atoms with Gasteiger partial charge in [0.2, 0.25) is 0 Å². The molecule has 1 aliphatic heterocycles. The zero-order valence-electron chi connectivity index (χ0n) is 15.1. The molecule has 2 aromatic carbocycles. The van der Waals surface area contributed by atoms with Crippen LogP contribution in [0.2, 0.25) is 5.02 Å². The molecular weight excluding hydrogens is 368 g/mol. The number of nitrogens with one attached hydrogen (secondary N) is 2. The molecule has 8 heteroatoms. The average molecular weight is 390 g/mol. The van der Waals surface area contributed by atoms with E-state index in [1.165, 1.54) is 11.0 Å². The Morgan fingerprint density at radius 3 is 2.48 bits per heavy atom. The second-order valence-electron chi connectivity index (χ2n) is 6.51. The van der Waals surface area contributed by atoms with Crippen LogP contribution in [0.4, 0.5) is 17.1 Å². The lowest BCUT2D eigenvalue weighted by molar-refractivity contribution is -0.898. The molecule has 1 fully saturated rings. The second kappa shape index (κ2) is 8.37. The number of amides is 1. The Bertz CT molecular complexity index is 833. The van der Waals surface area contributed by atoms with E-state index in [1.54, 1.807) is 36.4 Å². The first-order valence-electron chi connectivity index (χ1n) is 8.92. The van der Waals surface area contributed by atoms with Gasteiger partial charge in [-0.05, 0) is 43.3 Å². The van der Waals surface area contributed by atoms with E-state index >= 15 is 0 Å². The number of halogens is 1. The topological polar surface area (TPSA) is 79.9 Å². The van der Waals surface area contributed by atoms with E-state index in [0.717, 1.165) is 32.7 Å². The minimum absolute atomic E-state index is 0.0429. The van der Waals surface area contributed by atoms with Crippen molar-refractivity contribution in [2.24, 2.45) is 0 Å². The van der Waals surface area contributed by atoms with Crippen LogP contribution in [0.25, 0.3) is 0 Å². The molecule has 2 aromatic rings. The van der Waals surface area contributed by atoms with E-state index in [4.69, 9.17) is 11.6 Å². The van der Waals surface area contributed by atoms with E-state index in [1.807, 2.05) is 4.90 Å². The molecule has 2 N–H and O–H groups in total. The van der Waals surface area contributed by atoms with Crippen molar-refractivity contribution in [1.82, 2.24) is 0 Å². The Kier molecular flexibility index (Phi) is 5.93. The van der Waals surface area contributed by atoms with Crippen molar-refractivity contribution >= 4 is 34.6 Å². The number of piperazine rings is 1. The predicted octanol–water partition coefficient (Wildman–Crippen LogP) is 2.23. The van der Waals surface area contributed by atoms with Gasteiger partial charge in [-0.25, -0.2) is 0 Å². The van der Waals surface area contributed by atoms with Gasteiger partial charge in [-0.1, -0.05) is 11.6 Å². The molecule has 0 spiro atoms. The predicted molar refractivity (Wildman–Crippen MR) is 106 cm³/mol. The van der Waals surface area contributed by atoms with Crippen molar-refractivity contribution < 1.29 is 14.6 Å². The van der Waals surface area contributed by atoms with Crippen molar-refractivity contribution in [3.8, 4) is 0 Å². The highest BCUT2D eigenvalue weighted by atomic mass is 35.5. The summed E-state index contributed by atoms with van der Waals surface area (Å²) in [5.41, 5.74) is 1.35. The molecule has 3 rings (SSSR count). The molecule has 0 atom stereocenters. The Morgan fingerprint density at radius 1 is 1.22 bits per heavy atom. The van der Waals surface area contributed by atoms with Gasteiger partial charge in [-0.2, -0.15) is 0 Å².